The van der Waals surface area contributed by atoms with E-state index in [1.165, 1.54) is 24.5 Å². The number of halogens is 3. The van der Waals surface area contributed by atoms with Crippen LogP contribution in [-0.2, 0) is 0 Å². The van der Waals surface area contributed by atoms with Crippen LogP contribution in [0.1, 0.15) is 0 Å². The third kappa shape index (κ3) is 2.43. The van der Waals surface area contributed by atoms with Crippen LogP contribution in [0.4, 0.5) is 8.78 Å². The van der Waals surface area contributed by atoms with E-state index in [0.717, 1.165) is 9.64 Å². The Morgan fingerprint density at radius 2 is 1.81 bits per heavy atom. The van der Waals surface area contributed by atoms with E-state index in [2.05, 4.69) is 9.97 Å². The van der Waals surface area contributed by atoms with Gasteiger partial charge in [-0.1, -0.05) is 6.07 Å². The van der Waals surface area contributed by atoms with Crippen LogP contribution in [0.25, 0.3) is 0 Å². The first-order chi connectivity index (χ1) is 7.66. The molecule has 16 heavy (non-hydrogen) atoms. The molecule has 0 bridgehead atoms. The summed E-state index contributed by atoms with van der Waals surface area (Å²) in [6, 6.07) is 3.64. The Kier molecular flexibility index (Phi) is 3.28. The molecule has 0 saturated carbocycles. The topological polar surface area (TPSA) is 35.0 Å². The minimum atomic E-state index is -1.05. The first-order valence-electron chi connectivity index (χ1n) is 4.26. The van der Waals surface area contributed by atoms with Crippen molar-refractivity contribution in [3.8, 4) is 11.8 Å². The van der Waals surface area contributed by atoms with E-state index in [0.29, 0.717) is 0 Å². The van der Waals surface area contributed by atoms with Gasteiger partial charge in [0.15, 0.2) is 11.6 Å². The highest BCUT2D eigenvalue weighted by molar-refractivity contribution is 14.1. The molecule has 0 amide bonds. The lowest BCUT2D eigenvalue weighted by molar-refractivity contribution is 0.392. The van der Waals surface area contributed by atoms with E-state index in [9.17, 15) is 8.78 Å². The van der Waals surface area contributed by atoms with Crippen LogP contribution in [0.15, 0.2) is 30.6 Å². The van der Waals surface area contributed by atoms with Crippen LogP contribution in [0.3, 0.4) is 0 Å². The number of ether oxygens (including phenoxy) is 1. The average molecular weight is 334 g/mol. The summed E-state index contributed by atoms with van der Waals surface area (Å²) < 4.78 is 31.9. The van der Waals surface area contributed by atoms with Crippen LogP contribution in [0.2, 0.25) is 0 Å². The van der Waals surface area contributed by atoms with E-state index in [-0.39, 0.29) is 11.8 Å². The summed E-state index contributed by atoms with van der Waals surface area (Å²) >= 11 is 2.02. The zero-order chi connectivity index (χ0) is 11.5. The highest BCUT2D eigenvalue weighted by Gasteiger charge is 2.10. The summed E-state index contributed by atoms with van der Waals surface area (Å²) in [5.41, 5.74) is 0. The lowest BCUT2D eigenvalue weighted by Crippen LogP contribution is -1.95. The fraction of sp³-hybridized carbons (Fsp3) is 0. The zero-order valence-corrected chi connectivity index (χ0v) is 9.98. The zero-order valence-electron chi connectivity index (χ0n) is 7.82. The van der Waals surface area contributed by atoms with Gasteiger partial charge in [0.05, 0.1) is 0 Å². The molecule has 1 aromatic heterocycles. The van der Waals surface area contributed by atoms with Crippen molar-refractivity contribution in [1.82, 2.24) is 9.97 Å². The van der Waals surface area contributed by atoms with Crippen molar-refractivity contribution in [2.24, 2.45) is 0 Å². The Morgan fingerprint density at radius 3 is 2.50 bits per heavy atom. The highest BCUT2D eigenvalue weighted by Crippen LogP contribution is 2.23. The SMILES string of the molecule is Fc1cccc(Oc2ncc(I)cn2)c1F. The standard InChI is InChI=1S/C10H5F2IN2O/c11-7-2-1-3-8(9(7)12)16-10-14-4-6(13)5-15-10/h1-5H. The Labute approximate surface area is 104 Å². The average Bonchev–Trinajstić information content (AvgIpc) is 2.28. The molecule has 2 rings (SSSR count). The van der Waals surface area contributed by atoms with E-state index < -0.39 is 11.6 Å². The first kappa shape index (κ1) is 11.2. The van der Waals surface area contributed by atoms with Crippen molar-refractivity contribution < 1.29 is 13.5 Å². The Balaban J connectivity index is 2.27. The molecule has 82 valence electrons. The molecule has 0 aliphatic carbocycles. The number of benzene rings is 1. The molecule has 2 aromatic rings. The molecule has 0 unspecified atom stereocenters. The van der Waals surface area contributed by atoms with Crippen molar-refractivity contribution >= 4 is 22.6 Å². The predicted molar refractivity (Wildman–Crippen MR) is 61.2 cm³/mol. The van der Waals surface area contributed by atoms with Crippen LogP contribution in [0, 0.1) is 15.2 Å². The van der Waals surface area contributed by atoms with E-state index in [1.807, 2.05) is 22.6 Å². The monoisotopic (exact) mass is 334 g/mol. The second-order valence-electron chi connectivity index (χ2n) is 2.84. The molecule has 0 aliphatic rings. The Bertz CT molecular complexity index is 505. The molecule has 0 atom stereocenters. The lowest BCUT2D eigenvalue weighted by Gasteiger charge is -2.04. The van der Waals surface area contributed by atoms with Gasteiger partial charge in [-0.3, -0.25) is 0 Å². The van der Waals surface area contributed by atoms with Gasteiger partial charge in [-0.2, -0.15) is 4.39 Å². The van der Waals surface area contributed by atoms with Gasteiger partial charge < -0.3 is 4.74 Å². The molecule has 0 aliphatic heterocycles. The van der Waals surface area contributed by atoms with Crippen LogP contribution >= 0.6 is 22.6 Å². The number of rotatable bonds is 2. The van der Waals surface area contributed by atoms with Crippen LogP contribution in [-0.4, -0.2) is 9.97 Å². The molecular formula is C10H5F2IN2O. The van der Waals surface area contributed by atoms with E-state index >= 15 is 0 Å². The van der Waals surface area contributed by atoms with Crippen molar-refractivity contribution in [2.75, 3.05) is 0 Å². The second kappa shape index (κ2) is 4.69. The van der Waals surface area contributed by atoms with Gasteiger partial charge in [0.2, 0.25) is 5.82 Å². The smallest absolute Gasteiger partial charge is 0.322 e. The highest BCUT2D eigenvalue weighted by atomic mass is 127. The van der Waals surface area contributed by atoms with Gasteiger partial charge in [0.25, 0.3) is 0 Å². The number of hydrogen-bond donors (Lipinski definition) is 0. The molecule has 1 aromatic carbocycles. The molecule has 3 nitrogen and oxygen atoms in total. The maximum atomic E-state index is 13.2. The fourth-order valence-electron chi connectivity index (χ4n) is 1.01. The maximum Gasteiger partial charge on any atom is 0.322 e. The van der Waals surface area contributed by atoms with Crippen LogP contribution < -0.4 is 4.74 Å². The summed E-state index contributed by atoms with van der Waals surface area (Å²) in [5.74, 6) is -2.26. The second-order valence-corrected chi connectivity index (χ2v) is 4.08. The molecule has 0 spiro atoms. The van der Waals surface area contributed by atoms with Crippen molar-refractivity contribution in [1.29, 1.82) is 0 Å². The minimum Gasteiger partial charge on any atom is -0.421 e. The van der Waals surface area contributed by atoms with E-state index in [4.69, 9.17) is 4.74 Å². The fourth-order valence-corrected chi connectivity index (χ4v) is 1.29. The van der Waals surface area contributed by atoms with Gasteiger partial charge in [-0.25, -0.2) is 14.4 Å². The van der Waals surface area contributed by atoms with Crippen molar-refractivity contribution in [3.05, 3.63) is 45.8 Å². The van der Waals surface area contributed by atoms with Crippen molar-refractivity contribution in [2.45, 2.75) is 0 Å². The van der Waals surface area contributed by atoms with Gasteiger partial charge in [-0.15, -0.1) is 0 Å². The molecular weight excluding hydrogens is 329 g/mol. The largest absolute Gasteiger partial charge is 0.421 e. The van der Waals surface area contributed by atoms with Gasteiger partial charge in [0.1, 0.15) is 0 Å². The Hall–Kier alpha value is -1.31. The third-order valence-electron chi connectivity index (χ3n) is 1.71. The molecule has 0 saturated heterocycles. The Morgan fingerprint density at radius 1 is 1.12 bits per heavy atom. The number of aromatic nitrogens is 2. The number of nitrogens with zero attached hydrogens (tertiary/aromatic N) is 2. The summed E-state index contributed by atoms with van der Waals surface area (Å²) in [6.07, 6.45) is 3.03. The molecule has 6 heteroatoms. The summed E-state index contributed by atoms with van der Waals surface area (Å²) in [4.78, 5) is 7.63. The summed E-state index contributed by atoms with van der Waals surface area (Å²) in [6.45, 7) is 0. The van der Waals surface area contributed by atoms with Crippen LogP contribution in [0.5, 0.6) is 11.8 Å². The molecule has 0 radical (unpaired) electrons. The summed E-state index contributed by atoms with van der Waals surface area (Å²) in [7, 11) is 0. The quantitative estimate of drug-likeness (QED) is 0.792. The predicted octanol–water partition coefficient (Wildman–Crippen LogP) is 3.15. The summed E-state index contributed by atoms with van der Waals surface area (Å²) in [5, 5.41) is 0. The molecule has 0 N–H and O–H groups in total. The third-order valence-corrected chi connectivity index (χ3v) is 2.27. The first-order valence-corrected chi connectivity index (χ1v) is 5.34. The van der Waals surface area contributed by atoms with Gasteiger partial charge >= 0.3 is 6.01 Å². The molecule has 1 heterocycles. The molecule has 0 fully saturated rings. The van der Waals surface area contributed by atoms with Gasteiger partial charge in [-0.05, 0) is 34.7 Å². The lowest BCUT2D eigenvalue weighted by atomic mass is 10.3. The number of hydrogen-bond acceptors (Lipinski definition) is 3. The van der Waals surface area contributed by atoms with Crippen molar-refractivity contribution in [3.63, 3.8) is 0 Å². The maximum absolute atomic E-state index is 13.2. The van der Waals surface area contributed by atoms with E-state index in [1.54, 1.807) is 0 Å². The normalized spacial score (nSPS) is 10.2. The minimum absolute atomic E-state index is 0.0232. The van der Waals surface area contributed by atoms with Gasteiger partial charge in [0, 0.05) is 16.0 Å².